The van der Waals surface area contributed by atoms with E-state index in [1.54, 1.807) is 13.0 Å². The molecule has 0 amide bonds. The average Bonchev–Trinajstić information content (AvgIpc) is 2.21. The molecular weight excluding hydrogens is 282 g/mol. The van der Waals surface area contributed by atoms with Crippen molar-refractivity contribution >= 4 is 27.6 Å². The van der Waals surface area contributed by atoms with E-state index in [4.69, 9.17) is 5.11 Å². The molecule has 0 radical (unpaired) electrons. The Morgan fingerprint density at radius 3 is 2.65 bits per heavy atom. The van der Waals surface area contributed by atoms with Crippen LogP contribution in [-0.2, 0) is 4.79 Å². The molecule has 92 valence electrons. The van der Waals surface area contributed by atoms with Gasteiger partial charge in [-0.15, -0.1) is 0 Å². The molecule has 17 heavy (non-hydrogen) atoms. The van der Waals surface area contributed by atoms with Crippen molar-refractivity contribution in [3.63, 3.8) is 0 Å². The van der Waals surface area contributed by atoms with Gasteiger partial charge in [0.05, 0.1) is 5.69 Å². The predicted octanol–water partition coefficient (Wildman–Crippen LogP) is 3.51. The number of hydrogen-bond donors (Lipinski definition) is 2. The van der Waals surface area contributed by atoms with Crippen LogP contribution in [0.2, 0.25) is 0 Å². The zero-order chi connectivity index (χ0) is 13.0. The normalized spacial score (nSPS) is 11.4. The van der Waals surface area contributed by atoms with Gasteiger partial charge in [0.2, 0.25) is 0 Å². The Balaban J connectivity index is 2.77. The molecule has 0 spiro atoms. The van der Waals surface area contributed by atoms with Crippen LogP contribution < -0.4 is 5.32 Å². The van der Waals surface area contributed by atoms with Crippen molar-refractivity contribution in [2.75, 3.05) is 11.9 Å². The van der Waals surface area contributed by atoms with Gasteiger partial charge in [0.25, 0.3) is 0 Å². The van der Waals surface area contributed by atoms with Gasteiger partial charge in [0.1, 0.15) is 0 Å². The maximum atomic E-state index is 10.6. The zero-order valence-corrected chi connectivity index (χ0v) is 11.8. The fraction of sp³-hybridized carbons (Fsp3) is 0.308. The summed E-state index contributed by atoms with van der Waals surface area (Å²) in [6.07, 6.45) is 1.66. The molecule has 0 aliphatic heterocycles. The molecule has 0 aliphatic rings. The number of halogens is 1. The molecule has 4 heteroatoms. The summed E-state index contributed by atoms with van der Waals surface area (Å²) >= 11 is 3.49. The standard InChI is InChI=1S/C13H16BrNO2/c1-8-6-10(3)12(11(14)7-8)15-5-4-9(2)13(16)17/h4,6-7,15H,5H2,1-3H3,(H,16,17). The minimum Gasteiger partial charge on any atom is -0.478 e. The molecule has 3 nitrogen and oxygen atoms in total. The fourth-order valence-corrected chi connectivity index (χ4v) is 2.35. The van der Waals surface area contributed by atoms with E-state index in [1.807, 2.05) is 19.9 Å². The first-order valence-electron chi connectivity index (χ1n) is 5.32. The summed E-state index contributed by atoms with van der Waals surface area (Å²) in [6.45, 7) is 6.14. The lowest BCUT2D eigenvalue weighted by molar-refractivity contribution is -0.132. The number of rotatable bonds is 4. The first-order valence-corrected chi connectivity index (χ1v) is 6.11. The summed E-state index contributed by atoms with van der Waals surface area (Å²) in [7, 11) is 0. The molecule has 0 aliphatic carbocycles. The van der Waals surface area contributed by atoms with E-state index in [1.165, 1.54) is 5.56 Å². The largest absolute Gasteiger partial charge is 0.478 e. The number of nitrogens with one attached hydrogen (secondary N) is 1. The van der Waals surface area contributed by atoms with E-state index in [2.05, 4.69) is 27.3 Å². The highest BCUT2D eigenvalue weighted by Crippen LogP contribution is 2.27. The number of carbonyl (C=O) groups is 1. The van der Waals surface area contributed by atoms with Crippen molar-refractivity contribution in [3.8, 4) is 0 Å². The summed E-state index contributed by atoms with van der Waals surface area (Å²) in [5.74, 6) is -0.883. The summed E-state index contributed by atoms with van der Waals surface area (Å²) in [4.78, 5) is 10.6. The Labute approximate surface area is 110 Å². The third-order valence-electron chi connectivity index (χ3n) is 2.46. The van der Waals surface area contributed by atoms with Gasteiger partial charge in [-0.2, -0.15) is 0 Å². The van der Waals surface area contributed by atoms with Gasteiger partial charge in [0, 0.05) is 16.6 Å². The molecule has 2 N–H and O–H groups in total. The molecule has 1 rings (SSSR count). The van der Waals surface area contributed by atoms with Gasteiger partial charge in [-0.05, 0) is 53.9 Å². The van der Waals surface area contributed by atoms with Crippen LogP contribution in [0.15, 0.2) is 28.3 Å². The van der Waals surface area contributed by atoms with E-state index in [0.29, 0.717) is 12.1 Å². The lowest BCUT2D eigenvalue weighted by atomic mass is 10.1. The molecule has 0 fully saturated rings. The number of hydrogen-bond acceptors (Lipinski definition) is 2. The lowest BCUT2D eigenvalue weighted by Gasteiger charge is -2.11. The predicted molar refractivity (Wildman–Crippen MR) is 73.5 cm³/mol. The summed E-state index contributed by atoms with van der Waals surface area (Å²) in [5.41, 5.74) is 3.68. The molecule has 1 aromatic carbocycles. The van der Waals surface area contributed by atoms with Gasteiger partial charge < -0.3 is 10.4 Å². The Hall–Kier alpha value is -1.29. The first kappa shape index (κ1) is 13.8. The Kier molecular flexibility index (Phi) is 4.75. The van der Waals surface area contributed by atoms with Crippen LogP contribution in [-0.4, -0.2) is 17.6 Å². The smallest absolute Gasteiger partial charge is 0.331 e. The average molecular weight is 298 g/mol. The number of carboxylic acid groups (broad SMARTS) is 1. The van der Waals surface area contributed by atoms with Crippen LogP contribution >= 0.6 is 15.9 Å². The van der Waals surface area contributed by atoms with Gasteiger partial charge in [0.15, 0.2) is 0 Å². The van der Waals surface area contributed by atoms with Crippen molar-refractivity contribution < 1.29 is 9.90 Å². The molecule has 0 saturated heterocycles. The third kappa shape index (κ3) is 3.89. The number of carboxylic acids is 1. The SMILES string of the molecule is CC(=CCNc1c(C)cc(C)cc1Br)C(=O)O. The Morgan fingerprint density at radius 1 is 1.47 bits per heavy atom. The summed E-state index contributed by atoms with van der Waals surface area (Å²) in [5, 5.41) is 11.9. The Bertz CT molecular complexity index is 443. The highest BCUT2D eigenvalue weighted by atomic mass is 79.9. The molecule has 0 heterocycles. The van der Waals surface area contributed by atoms with Crippen LogP contribution in [0.1, 0.15) is 18.1 Å². The van der Waals surface area contributed by atoms with E-state index in [-0.39, 0.29) is 0 Å². The second-order valence-electron chi connectivity index (χ2n) is 4.01. The number of aryl methyl sites for hydroxylation is 2. The Morgan fingerprint density at radius 2 is 2.12 bits per heavy atom. The molecular formula is C13H16BrNO2. The van der Waals surface area contributed by atoms with Gasteiger partial charge >= 0.3 is 5.97 Å². The highest BCUT2D eigenvalue weighted by molar-refractivity contribution is 9.10. The fourth-order valence-electron chi connectivity index (χ4n) is 1.53. The van der Waals surface area contributed by atoms with E-state index >= 15 is 0 Å². The molecule has 0 aromatic heterocycles. The minimum absolute atomic E-state index is 0.346. The maximum Gasteiger partial charge on any atom is 0.331 e. The van der Waals surface area contributed by atoms with Crippen molar-refractivity contribution in [1.82, 2.24) is 0 Å². The van der Waals surface area contributed by atoms with E-state index in [9.17, 15) is 4.79 Å². The molecule has 0 bridgehead atoms. The van der Waals surface area contributed by atoms with Crippen LogP contribution in [0, 0.1) is 13.8 Å². The quantitative estimate of drug-likeness (QED) is 0.836. The van der Waals surface area contributed by atoms with Gasteiger partial charge in [-0.25, -0.2) is 4.79 Å². The highest BCUT2D eigenvalue weighted by Gasteiger charge is 2.04. The van der Waals surface area contributed by atoms with E-state index < -0.39 is 5.97 Å². The third-order valence-corrected chi connectivity index (χ3v) is 3.08. The van der Waals surface area contributed by atoms with Crippen LogP contribution in [0.25, 0.3) is 0 Å². The van der Waals surface area contributed by atoms with Crippen molar-refractivity contribution in [1.29, 1.82) is 0 Å². The maximum absolute atomic E-state index is 10.6. The summed E-state index contributed by atoms with van der Waals surface area (Å²) in [6, 6.07) is 4.12. The first-order chi connectivity index (χ1) is 7.91. The van der Waals surface area contributed by atoms with Crippen molar-refractivity contribution in [3.05, 3.63) is 39.4 Å². The number of aliphatic carboxylic acids is 1. The van der Waals surface area contributed by atoms with E-state index in [0.717, 1.165) is 15.7 Å². The minimum atomic E-state index is -0.883. The van der Waals surface area contributed by atoms with Gasteiger partial charge in [-0.3, -0.25) is 0 Å². The molecule has 1 aromatic rings. The lowest BCUT2D eigenvalue weighted by Crippen LogP contribution is -2.05. The van der Waals surface area contributed by atoms with Crippen LogP contribution in [0.5, 0.6) is 0 Å². The molecule has 0 saturated carbocycles. The topological polar surface area (TPSA) is 49.3 Å². The number of benzene rings is 1. The van der Waals surface area contributed by atoms with Crippen LogP contribution in [0.3, 0.4) is 0 Å². The summed E-state index contributed by atoms with van der Waals surface area (Å²) < 4.78 is 0.997. The van der Waals surface area contributed by atoms with Crippen molar-refractivity contribution in [2.45, 2.75) is 20.8 Å². The molecule has 0 unspecified atom stereocenters. The second-order valence-corrected chi connectivity index (χ2v) is 4.87. The van der Waals surface area contributed by atoms with Gasteiger partial charge in [-0.1, -0.05) is 12.1 Å². The monoisotopic (exact) mass is 297 g/mol. The van der Waals surface area contributed by atoms with Crippen LogP contribution in [0.4, 0.5) is 5.69 Å². The molecule has 0 atom stereocenters. The zero-order valence-electron chi connectivity index (χ0n) is 10.2. The second kappa shape index (κ2) is 5.87. The van der Waals surface area contributed by atoms with Crippen molar-refractivity contribution in [2.24, 2.45) is 0 Å². The number of anilines is 1.